The van der Waals surface area contributed by atoms with Crippen LogP contribution in [0.25, 0.3) is 0 Å². The van der Waals surface area contributed by atoms with Gasteiger partial charge in [-0.3, -0.25) is 4.79 Å². The molecule has 1 aromatic rings. The van der Waals surface area contributed by atoms with Gasteiger partial charge in [0.25, 0.3) is 0 Å². The molecule has 1 amide bonds. The molecule has 0 unspecified atom stereocenters. The van der Waals surface area contributed by atoms with Crippen molar-refractivity contribution < 1.29 is 13.2 Å². The number of likely N-dealkylation sites (N-methyl/N-ethyl adjacent to an activating group) is 1. The summed E-state index contributed by atoms with van der Waals surface area (Å²) in [5.41, 5.74) is 1.33. The van der Waals surface area contributed by atoms with Gasteiger partial charge in [0.05, 0.1) is 12.8 Å². The Hall–Kier alpha value is -1.84. The first-order valence-electron chi connectivity index (χ1n) is 6.47. The third-order valence-electron chi connectivity index (χ3n) is 3.00. The molecule has 0 saturated carbocycles. The number of benzene rings is 1. The summed E-state index contributed by atoms with van der Waals surface area (Å²) in [6, 6.07) is 6.94. The first kappa shape index (κ1) is 17.2. The molecule has 0 spiro atoms. The number of sulfonamides is 1. The van der Waals surface area contributed by atoms with E-state index in [1.54, 1.807) is 29.2 Å². The Morgan fingerprint density at radius 2 is 2.00 bits per heavy atom. The van der Waals surface area contributed by atoms with Gasteiger partial charge in [0, 0.05) is 24.3 Å². The van der Waals surface area contributed by atoms with Crippen LogP contribution < -0.4 is 4.90 Å². The van der Waals surface area contributed by atoms with Gasteiger partial charge in [-0.25, -0.2) is 8.42 Å². The molecular formula is C15H20N2O3S. The fourth-order valence-electron chi connectivity index (χ4n) is 1.86. The Morgan fingerprint density at radius 1 is 1.38 bits per heavy atom. The summed E-state index contributed by atoms with van der Waals surface area (Å²) >= 11 is 0. The topological polar surface area (TPSA) is 57.7 Å². The molecule has 0 aliphatic carbocycles. The van der Waals surface area contributed by atoms with Crippen LogP contribution in [0.4, 0.5) is 5.69 Å². The predicted octanol–water partition coefficient (Wildman–Crippen LogP) is 1.30. The van der Waals surface area contributed by atoms with Crippen molar-refractivity contribution in [3.05, 3.63) is 29.8 Å². The van der Waals surface area contributed by atoms with Gasteiger partial charge in [-0.05, 0) is 32.0 Å². The summed E-state index contributed by atoms with van der Waals surface area (Å²) < 4.78 is 23.9. The lowest BCUT2D eigenvalue weighted by Gasteiger charge is -2.28. The maximum absolute atomic E-state index is 12.4. The van der Waals surface area contributed by atoms with Gasteiger partial charge in [-0.1, -0.05) is 12.0 Å². The summed E-state index contributed by atoms with van der Waals surface area (Å²) in [5, 5.41) is 0. The summed E-state index contributed by atoms with van der Waals surface area (Å²) in [4.78, 5) is 14.0. The highest BCUT2D eigenvalue weighted by atomic mass is 32.2. The molecule has 0 aliphatic heterocycles. The molecule has 114 valence electrons. The molecule has 0 saturated heterocycles. The number of anilines is 1. The minimum absolute atomic E-state index is 0.113. The zero-order valence-corrected chi connectivity index (χ0v) is 13.5. The van der Waals surface area contributed by atoms with Crippen LogP contribution in [0, 0.1) is 12.3 Å². The van der Waals surface area contributed by atoms with Crippen molar-refractivity contribution in [2.45, 2.75) is 19.9 Å². The monoisotopic (exact) mass is 308 g/mol. The van der Waals surface area contributed by atoms with Crippen LogP contribution in [-0.4, -0.2) is 44.5 Å². The number of rotatable bonds is 5. The molecule has 6 heteroatoms. The van der Waals surface area contributed by atoms with Crippen molar-refractivity contribution in [2.24, 2.45) is 0 Å². The van der Waals surface area contributed by atoms with E-state index in [0.717, 1.165) is 10.6 Å². The number of hydrogen-bond donors (Lipinski definition) is 0. The molecule has 0 N–H and O–H groups in total. The second kappa shape index (κ2) is 6.74. The molecule has 0 bridgehead atoms. The molecule has 1 rings (SSSR count). The van der Waals surface area contributed by atoms with Gasteiger partial charge in [-0.15, -0.1) is 6.42 Å². The van der Waals surface area contributed by atoms with E-state index in [-0.39, 0.29) is 18.5 Å². The minimum atomic E-state index is -3.40. The first-order chi connectivity index (χ1) is 9.66. The summed E-state index contributed by atoms with van der Waals surface area (Å²) in [7, 11) is -2.02. The fourth-order valence-corrected chi connectivity index (χ4v) is 2.20. The van der Waals surface area contributed by atoms with E-state index in [2.05, 4.69) is 5.92 Å². The van der Waals surface area contributed by atoms with Gasteiger partial charge in [0.15, 0.2) is 0 Å². The van der Waals surface area contributed by atoms with E-state index < -0.39 is 10.0 Å². The molecule has 0 fully saturated rings. The predicted molar refractivity (Wildman–Crippen MR) is 84.5 cm³/mol. The lowest BCUT2D eigenvalue weighted by molar-refractivity contribution is -0.119. The Bertz CT molecular complexity index is 660. The van der Waals surface area contributed by atoms with Crippen molar-refractivity contribution in [3.63, 3.8) is 0 Å². The molecule has 5 nitrogen and oxygen atoms in total. The number of hydrogen-bond acceptors (Lipinski definition) is 3. The number of terminal acetylenes is 1. The highest BCUT2D eigenvalue weighted by Gasteiger charge is 2.23. The van der Waals surface area contributed by atoms with Crippen LogP contribution in [0.1, 0.15) is 19.4 Å². The van der Waals surface area contributed by atoms with Gasteiger partial charge in [0.1, 0.15) is 0 Å². The van der Waals surface area contributed by atoms with Crippen LogP contribution in [0.3, 0.4) is 0 Å². The highest BCUT2D eigenvalue weighted by molar-refractivity contribution is 7.88. The van der Waals surface area contributed by atoms with Crippen molar-refractivity contribution in [1.82, 2.24) is 4.31 Å². The van der Waals surface area contributed by atoms with Crippen LogP contribution in [-0.2, 0) is 14.8 Å². The average Bonchev–Trinajstić information content (AvgIpc) is 2.37. The largest absolute Gasteiger partial charge is 0.309 e. The van der Waals surface area contributed by atoms with Gasteiger partial charge < -0.3 is 4.90 Å². The number of carbonyl (C=O) groups excluding carboxylic acids is 1. The first-order valence-corrected chi connectivity index (χ1v) is 8.31. The Balaban J connectivity index is 3.07. The molecule has 0 aliphatic rings. The molecule has 0 radical (unpaired) electrons. The van der Waals surface area contributed by atoms with E-state index in [4.69, 9.17) is 6.42 Å². The van der Waals surface area contributed by atoms with Crippen LogP contribution >= 0.6 is 0 Å². The second-order valence-corrected chi connectivity index (χ2v) is 7.16. The number of amides is 1. The van der Waals surface area contributed by atoms with Crippen molar-refractivity contribution >= 4 is 21.6 Å². The third-order valence-corrected chi connectivity index (χ3v) is 4.26. The quantitative estimate of drug-likeness (QED) is 0.771. The lowest BCUT2D eigenvalue weighted by atomic mass is 10.1. The lowest BCUT2D eigenvalue weighted by Crippen LogP contribution is -2.44. The highest BCUT2D eigenvalue weighted by Crippen LogP contribution is 2.19. The fraction of sp³-hybridized carbons (Fsp3) is 0.400. The van der Waals surface area contributed by atoms with E-state index in [0.29, 0.717) is 11.3 Å². The Labute approximate surface area is 126 Å². The van der Waals surface area contributed by atoms with E-state index in [1.807, 2.05) is 13.8 Å². The zero-order chi connectivity index (χ0) is 16.2. The van der Waals surface area contributed by atoms with Crippen molar-refractivity contribution in [3.8, 4) is 12.3 Å². The maximum atomic E-state index is 12.4. The molecule has 1 aromatic carbocycles. The minimum Gasteiger partial charge on any atom is -0.309 e. The second-order valence-electron chi connectivity index (χ2n) is 5.07. The number of carbonyl (C=O) groups is 1. The molecule has 0 atom stereocenters. The maximum Gasteiger partial charge on any atom is 0.242 e. The normalized spacial score (nSPS) is 11.5. The average molecular weight is 308 g/mol. The van der Waals surface area contributed by atoms with E-state index in [9.17, 15) is 13.2 Å². The molecule has 0 aromatic heterocycles. The molecular weight excluding hydrogens is 288 g/mol. The standard InChI is InChI=1S/C15H20N2O3S/c1-6-13-8-7-9-14(10-13)17(12(2)3)15(18)11-16(4)21(5,19)20/h1,7-10,12H,11H2,2-5H3. The van der Waals surface area contributed by atoms with Crippen molar-refractivity contribution in [2.75, 3.05) is 24.7 Å². The van der Waals surface area contributed by atoms with Gasteiger partial charge >= 0.3 is 0 Å². The Morgan fingerprint density at radius 3 is 2.48 bits per heavy atom. The number of nitrogens with zero attached hydrogens (tertiary/aromatic N) is 2. The van der Waals surface area contributed by atoms with Crippen molar-refractivity contribution in [1.29, 1.82) is 0 Å². The van der Waals surface area contributed by atoms with Crippen LogP contribution in [0.2, 0.25) is 0 Å². The SMILES string of the molecule is C#Cc1cccc(N(C(=O)CN(C)S(C)(=O)=O)C(C)C)c1. The van der Waals surface area contributed by atoms with Crippen LogP contribution in [0.5, 0.6) is 0 Å². The molecule has 21 heavy (non-hydrogen) atoms. The zero-order valence-electron chi connectivity index (χ0n) is 12.7. The van der Waals surface area contributed by atoms with E-state index in [1.165, 1.54) is 7.05 Å². The third kappa shape index (κ3) is 4.59. The Kier molecular flexibility index (Phi) is 5.53. The summed E-state index contributed by atoms with van der Waals surface area (Å²) in [6.07, 6.45) is 6.44. The summed E-state index contributed by atoms with van der Waals surface area (Å²) in [6.45, 7) is 3.51. The smallest absolute Gasteiger partial charge is 0.242 e. The molecule has 0 heterocycles. The van der Waals surface area contributed by atoms with E-state index >= 15 is 0 Å². The summed E-state index contributed by atoms with van der Waals surface area (Å²) in [5.74, 6) is 2.22. The van der Waals surface area contributed by atoms with Crippen LogP contribution in [0.15, 0.2) is 24.3 Å². The van der Waals surface area contributed by atoms with Gasteiger partial charge in [0.2, 0.25) is 15.9 Å². The van der Waals surface area contributed by atoms with Gasteiger partial charge in [-0.2, -0.15) is 4.31 Å².